The molecule has 0 saturated heterocycles. The van der Waals surface area contributed by atoms with Crippen molar-refractivity contribution >= 4 is 35.1 Å². The van der Waals surface area contributed by atoms with E-state index in [4.69, 9.17) is 23.2 Å². The molecule has 2 nitrogen and oxygen atoms in total. The summed E-state index contributed by atoms with van der Waals surface area (Å²) in [7, 11) is 0. The fourth-order valence-electron chi connectivity index (χ4n) is 2.92. The minimum Gasteiger partial charge on any atom is -0.318 e. The van der Waals surface area contributed by atoms with E-state index >= 15 is 0 Å². The van der Waals surface area contributed by atoms with Gasteiger partial charge in [-0.25, -0.2) is 0 Å². The zero-order valence-electron chi connectivity index (χ0n) is 14.6. The molecule has 0 N–H and O–H groups in total. The van der Waals surface area contributed by atoms with Gasteiger partial charge in [-0.1, -0.05) is 42.3 Å². The first kappa shape index (κ1) is 17.8. The van der Waals surface area contributed by atoms with Gasteiger partial charge in [-0.3, -0.25) is 4.99 Å². The number of aryl methyl sites for hydroxylation is 2. The van der Waals surface area contributed by atoms with Crippen LogP contribution in [0, 0.1) is 13.8 Å². The Morgan fingerprint density at radius 3 is 2.36 bits per heavy atom. The fraction of sp³-hybridized carbons (Fsp3) is 0.190. The molecule has 0 saturated carbocycles. The van der Waals surface area contributed by atoms with Gasteiger partial charge in [0.15, 0.2) is 0 Å². The Morgan fingerprint density at radius 2 is 1.72 bits per heavy atom. The summed E-state index contributed by atoms with van der Waals surface area (Å²) < 4.78 is 2.24. The highest BCUT2D eigenvalue weighted by Gasteiger charge is 2.09. The molecule has 0 aliphatic rings. The molecule has 3 rings (SSSR count). The van der Waals surface area contributed by atoms with Gasteiger partial charge in [0.2, 0.25) is 0 Å². The normalized spacial score (nSPS) is 11.4. The van der Waals surface area contributed by atoms with Crippen LogP contribution in [0.25, 0.3) is 5.69 Å². The number of hydrogen-bond donors (Lipinski definition) is 0. The largest absolute Gasteiger partial charge is 0.318 e. The van der Waals surface area contributed by atoms with Crippen LogP contribution in [0.1, 0.15) is 29.4 Å². The average Bonchev–Trinajstić information content (AvgIpc) is 2.88. The molecule has 0 spiro atoms. The van der Waals surface area contributed by atoms with E-state index in [1.54, 1.807) is 12.1 Å². The van der Waals surface area contributed by atoms with Crippen LogP contribution in [0.3, 0.4) is 0 Å². The predicted molar refractivity (Wildman–Crippen MR) is 108 cm³/mol. The molecule has 0 bridgehead atoms. The van der Waals surface area contributed by atoms with Crippen LogP contribution >= 0.6 is 23.2 Å². The van der Waals surface area contributed by atoms with Gasteiger partial charge in [0.05, 0.1) is 10.7 Å². The standard InChI is InChI=1S/C21H20Cl2N2/c1-4-16-5-8-19(9-6-16)25-14(2)11-17(15(25)3)13-24-21-10-7-18(22)12-20(21)23/h5-13H,4H2,1-3H3. The second-order valence-corrected chi connectivity index (χ2v) is 6.88. The lowest BCUT2D eigenvalue weighted by atomic mass is 10.1. The SMILES string of the molecule is CCc1ccc(-n2c(C)cc(C=Nc3ccc(Cl)cc3Cl)c2C)cc1. The van der Waals surface area contributed by atoms with E-state index in [9.17, 15) is 0 Å². The Balaban J connectivity index is 1.94. The van der Waals surface area contributed by atoms with Gasteiger partial charge in [-0.2, -0.15) is 0 Å². The minimum atomic E-state index is 0.549. The number of hydrogen-bond acceptors (Lipinski definition) is 1. The lowest BCUT2D eigenvalue weighted by Gasteiger charge is -2.10. The van der Waals surface area contributed by atoms with Gasteiger partial charge in [-0.05, 0) is 62.2 Å². The van der Waals surface area contributed by atoms with Crippen molar-refractivity contribution in [2.45, 2.75) is 27.2 Å². The van der Waals surface area contributed by atoms with E-state index in [-0.39, 0.29) is 0 Å². The quantitative estimate of drug-likeness (QED) is 0.453. The maximum absolute atomic E-state index is 6.19. The maximum atomic E-state index is 6.19. The van der Waals surface area contributed by atoms with Crippen LogP contribution in [-0.2, 0) is 6.42 Å². The summed E-state index contributed by atoms with van der Waals surface area (Å²) in [6, 6.07) is 16.1. The molecule has 4 heteroatoms. The lowest BCUT2D eigenvalue weighted by Crippen LogP contribution is -1.99. The predicted octanol–water partition coefficient (Wildman–Crippen LogP) is 6.71. The van der Waals surface area contributed by atoms with E-state index in [0.29, 0.717) is 15.7 Å². The minimum absolute atomic E-state index is 0.549. The summed E-state index contributed by atoms with van der Waals surface area (Å²) in [6.07, 6.45) is 2.90. The number of nitrogens with zero attached hydrogens (tertiary/aromatic N) is 2. The van der Waals surface area contributed by atoms with E-state index in [0.717, 1.165) is 23.4 Å². The van der Waals surface area contributed by atoms with Crippen molar-refractivity contribution < 1.29 is 0 Å². The monoisotopic (exact) mass is 370 g/mol. The Bertz CT molecular complexity index is 922. The van der Waals surface area contributed by atoms with Crippen LogP contribution in [0.4, 0.5) is 5.69 Å². The summed E-state index contributed by atoms with van der Waals surface area (Å²) in [6.45, 7) is 6.37. The van der Waals surface area contributed by atoms with E-state index in [2.05, 4.69) is 60.7 Å². The molecule has 1 aromatic heterocycles. The second-order valence-electron chi connectivity index (χ2n) is 6.04. The van der Waals surface area contributed by atoms with E-state index < -0.39 is 0 Å². The van der Waals surface area contributed by atoms with E-state index in [1.807, 2.05) is 12.3 Å². The first-order valence-electron chi connectivity index (χ1n) is 8.27. The van der Waals surface area contributed by atoms with Crippen molar-refractivity contribution in [3.63, 3.8) is 0 Å². The molecule has 0 atom stereocenters. The Kier molecular flexibility index (Phi) is 5.31. The van der Waals surface area contributed by atoms with Gasteiger partial charge in [0.1, 0.15) is 0 Å². The molecular weight excluding hydrogens is 351 g/mol. The third-order valence-corrected chi connectivity index (χ3v) is 4.86. The first-order valence-corrected chi connectivity index (χ1v) is 9.02. The number of aromatic nitrogens is 1. The van der Waals surface area contributed by atoms with Crippen LogP contribution in [-0.4, -0.2) is 10.8 Å². The Labute approximate surface area is 158 Å². The molecule has 0 aliphatic heterocycles. The highest BCUT2D eigenvalue weighted by molar-refractivity contribution is 6.36. The van der Waals surface area contributed by atoms with Crippen LogP contribution in [0.5, 0.6) is 0 Å². The Morgan fingerprint density at radius 1 is 1.00 bits per heavy atom. The van der Waals surface area contributed by atoms with Crippen molar-refractivity contribution in [1.82, 2.24) is 4.57 Å². The zero-order chi connectivity index (χ0) is 18.0. The molecule has 0 amide bonds. The topological polar surface area (TPSA) is 17.3 Å². The van der Waals surface area contributed by atoms with Gasteiger partial charge >= 0.3 is 0 Å². The third-order valence-electron chi connectivity index (χ3n) is 4.33. The van der Waals surface area contributed by atoms with Crippen LogP contribution in [0.15, 0.2) is 53.5 Å². The summed E-state index contributed by atoms with van der Waals surface area (Å²) >= 11 is 12.1. The molecule has 128 valence electrons. The van der Waals surface area contributed by atoms with Gasteiger partial charge < -0.3 is 4.57 Å². The van der Waals surface area contributed by atoms with Crippen LogP contribution < -0.4 is 0 Å². The summed E-state index contributed by atoms with van der Waals surface area (Å²) in [5, 5.41) is 1.16. The molecule has 0 unspecified atom stereocenters. The zero-order valence-corrected chi connectivity index (χ0v) is 16.1. The van der Waals surface area contributed by atoms with Crippen molar-refractivity contribution in [3.8, 4) is 5.69 Å². The smallest absolute Gasteiger partial charge is 0.0817 e. The average molecular weight is 371 g/mol. The van der Waals surface area contributed by atoms with Gasteiger partial charge in [-0.15, -0.1) is 0 Å². The molecule has 0 radical (unpaired) electrons. The van der Waals surface area contributed by atoms with Gasteiger partial charge in [0.25, 0.3) is 0 Å². The molecule has 0 fully saturated rings. The Hall–Kier alpha value is -2.03. The molecule has 0 aliphatic carbocycles. The molecule has 3 aromatic rings. The summed E-state index contributed by atoms with van der Waals surface area (Å²) in [5.41, 5.74) is 6.61. The van der Waals surface area contributed by atoms with Crippen LogP contribution in [0.2, 0.25) is 10.0 Å². The highest BCUT2D eigenvalue weighted by atomic mass is 35.5. The van der Waals surface area contributed by atoms with Crippen molar-refractivity contribution in [2.75, 3.05) is 0 Å². The summed E-state index contributed by atoms with van der Waals surface area (Å²) in [5.74, 6) is 0. The van der Waals surface area contributed by atoms with Crippen molar-refractivity contribution in [1.29, 1.82) is 0 Å². The van der Waals surface area contributed by atoms with Crippen molar-refractivity contribution in [3.05, 3.63) is 81.1 Å². The number of halogens is 2. The lowest BCUT2D eigenvalue weighted by molar-refractivity contribution is 0.962. The second kappa shape index (κ2) is 7.47. The third kappa shape index (κ3) is 3.81. The summed E-state index contributed by atoms with van der Waals surface area (Å²) in [4.78, 5) is 4.52. The molecule has 1 heterocycles. The molecular formula is C21H20Cl2N2. The number of aliphatic imine (C=N–C) groups is 1. The molecule has 25 heavy (non-hydrogen) atoms. The first-order chi connectivity index (χ1) is 12.0. The van der Waals surface area contributed by atoms with E-state index in [1.165, 1.54) is 11.3 Å². The fourth-order valence-corrected chi connectivity index (χ4v) is 3.38. The van der Waals surface area contributed by atoms with Gasteiger partial charge in [0, 0.05) is 33.9 Å². The molecule has 2 aromatic carbocycles. The number of benzene rings is 2. The highest BCUT2D eigenvalue weighted by Crippen LogP contribution is 2.28. The maximum Gasteiger partial charge on any atom is 0.0817 e. The van der Waals surface area contributed by atoms with Crippen molar-refractivity contribution in [2.24, 2.45) is 4.99 Å². The number of rotatable bonds is 4.